The topological polar surface area (TPSA) is 108 Å². The third-order valence-electron chi connectivity index (χ3n) is 4.42. The minimum Gasteiger partial charge on any atom is -0.344 e. The molecule has 0 bridgehead atoms. The van der Waals surface area contributed by atoms with Crippen LogP contribution in [0.2, 0.25) is 5.02 Å². The van der Waals surface area contributed by atoms with Gasteiger partial charge in [0.1, 0.15) is 11.5 Å². The van der Waals surface area contributed by atoms with Crippen LogP contribution >= 0.6 is 11.6 Å². The second-order valence-corrected chi connectivity index (χ2v) is 8.96. The lowest BCUT2D eigenvalue weighted by atomic mass is 10.1. The maximum Gasteiger partial charge on any atom is 0.431 e. The highest BCUT2D eigenvalue weighted by molar-refractivity contribution is 7.87. The lowest BCUT2D eigenvalue weighted by Gasteiger charge is -2.35. The van der Waals surface area contributed by atoms with Crippen molar-refractivity contribution < 1.29 is 40.3 Å². The van der Waals surface area contributed by atoms with Crippen molar-refractivity contribution in [3.05, 3.63) is 40.3 Å². The number of rotatable bonds is 6. The summed E-state index contributed by atoms with van der Waals surface area (Å²) >= 11 is 5.88. The predicted octanol–water partition coefficient (Wildman–Crippen LogP) is 2.11. The molecule has 9 nitrogen and oxygen atoms in total. The van der Waals surface area contributed by atoms with Gasteiger partial charge in [-0.05, 0) is 26.0 Å². The molecule has 1 aromatic carbocycles. The molecule has 0 aromatic heterocycles. The van der Waals surface area contributed by atoms with Gasteiger partial charge in [-0.15, -0.1) is 0 Å². The van der Waals surface area contributed by atoms with Crippen LogP contribution in [0.5, 0.6) is 0 Å². The normalized spacial score (nSPS) is 17.5. The van der Waals surface area contributed by atoms with E-state index in [9.17, 15) is 35.6 Å². The van der Waals surface area contributed by atoms with Gasteiger partial charge in [-0.2, -0.15) is 25.9 Å². The van der Waals surface area contributed by atoms with Gasteiger partial charge < -0.3 is 10.1 Å². The summed E-state index contributed by atoms with van der Waals surface area (Å²) < 4.78 is 85.5. The number of carbonyl (C=O) groups is 2. The number of nitrogens with one attached hydrogen (secondary N) is 2. The van der Waals surface area contributed by atoms with Crippen LogP contribution in [0.3, 0.4) is 0 Å². The largest absolute Gasteiger partial charge is 0.431 e. The number of ether oxygens (including phenoxy) is 1. The van der Waals surface area contributed by atoms with Crippen LogP contribution in [0.15, 0.2) is 23.9 Å². The molecule has 0 saturated carbocycles. The lowest BCUT2D eigenvalue weighted by Crippen LogP contribution is -2.55. The van der Waals surface area contributed by atoms with E-state index in [1.54, 1.807) is 18.6 Å². The molecule has 1 aliphatic rings. The van der Waals surface area contributed by atoms with Gasteiger partial charge in [0.05, 0.1) is 16.3 Å². The number of halogens is 5. The van der Waals surface area contributed by atoms with Gasteiger partial charge in [0.15, 0.2) is 0 Å². The Morgan fingerprint density at radius 2 is 1.94 bits per heavy atom. The fourth-order valence-electron chi connectivity index (χ4n) is 2.54. The number of amides is 2. The summed E-state index contributed by atoms with van der Waals surface area (Å²) in [7, 11) is -2.11. The Labute approximate surface area is 186 Å². The number of hydrogen-bond acceptors (Lipinski definition) is 6. The van der Waals surface area contributed by atoms with Crippen LogP contribution in [0.25, 0.3) is 0 Å². The molecule has 1 aromatic rings. The van der Waals surface area contributed by atoms with Gasteiger partial charge in [-0.3, -0.25) is 14.5 Å². The molecule has 1 heterocycles. The van der Waals surface area contributed by atoms with E-state index in [-0.39, 0.29) is 6.08 Å². The summed E-state index contributed by atoms with van der Waals surface area (Å²) in [5, 5.41) is 1.40. The zero-order valence-corrected chi connectivity index (χ0v) is 18.7. The Kier molecular flexibility index (Phi) is 7.44. The molecular weight excluding hydrogens is 484 g/mol. The van der Waals surface area contributed by atoms with E-state index in [0.717, 1.165) is 17.5 Å². The smallest absolute Gasteiger partial charge is 0.344 e. The van der Waals surface area contributed by atoms with Crippen molar-refractivity contribution in [2.75, 3.05) is 19.1 Å². The third kappa shape index (κ3) is 5.31. The molecule has 15 heteroatoms. The van der Waals surface area contributed by atoms with E-state index in [4.69, 9.17) is 16.3 Å². The first-order valence-electron chi connectivity index (χ1n) is 8.80. The van der Waals surface area contributed by atoms with E-state index in [2.05, 4.69) is 0 Å². The van der Waals surface area contributed by atoms with E-state index >= 15 is 0 Å². The quantitative estimate of drug-likeness (QED) is 0.577. The zero-order valence-electron chi connectivity index (χ0n) is 17.1. The fraction of sp³-hybridized carbons (Fsp3) is 0.412. The summed E-state index contributed by atoms with van der Waals surface area (Å²) in [4.78, 5) is 25.4. The number of nitrogens with zero attached hydrogens (tertiary/aromatic N) is 2. The predicted molar refractivity (Wildman–Crippen MR) is 106 cm³/mol. The molecule has 0 saturated heterocycles. The standard InChI is InChI=1S/C17H19ClF4N4O5S/c1-8(2)25(3)32(29,30)24-15(28)9-5-12(11(19)6-10(9)18)26-14(27)7-13(17(20,21)22)23-16(26)31-4/h5-8,16,23H,1-4H3,(H,24,28). The number of hydrogen-bond donors (Lipinski definition) is 2. The van der Waals surface area contributed by atoms with Crippen LogP contribution < -0.4 is 14.9 Å². The average molecular weight is 503 g/mol. The Balaban J connectivity index is 2.50. The molecule has 2 N–H and O–H groups in total. The van der Waals surface area contributed by atoms with E-state index in [1.165, 1.54) is 7.05 Å². The maximum atomic E-state index is 14.6. The lowest BCUT2D eigenvalue weighted by molar-refractivity contribution is -0.124. The number of alkyl halides is 3. The van der Waals surface area contributed by atoms with Crippen molar-refractivity contribution in [3.8, 4) is 0 Å². The Morgan fingerprint density at radius 3 is 2.44 bits per heavy atom. The van der Waals surface area contributed by atoms with Crippen LogP contribution in [-0.4, -0.2) is 57.3 Å². The second-order valence-electron chi connectivity index (χ2n) is 6.83. The zero-order chi connectivity index (χ0) is 24.6. The first kappa shape index (κ1) is 25.8. The summed E-state index contributed by atoms with van der Waals surface area (Å²) in [6, 6.07) is 0.845. The van der Waals surface area contributed by atoms with Crippen molar-refractivity contribution in [1.82, 2.24) is 14.3 Å². The first-order chi connectivity index (χ1) is 14.6. The molecule has 0 aliphatic carbocycles. The van der Waals surface area contributed by atoms with Crippen molar-refractivity contribution in [2.24, 2.45) is 0 Å². The van der Waals surface area contributed by atoms with Crippen molar-refractivity contribution in [3.63, 3.8) is 0 Å². The summed E-state index contributed by atoms with van der Waals surface area (Å²) in [5.74, 6) is -3.72. The molecule has 178 valence electrons. The third-order valence-corrected chi connectivity index (χ3v) is 6.35. The summed E-state index contributed by atoms with van der Waals surface area (Å²) in [6.45, 7) is 3.10. The van der Waals surface area contributed by atoms with Crippen molar-refractivity contribution in [2.45, 2.75) is 32.4 Å². The van der Waals surface area contributed by atoms with E-state index in [0.29, 0.717) is 11.0 Å². The number of carbonyl (C=O) groups excluding carboxylic acids is 2. The highest BCUT2D eigenvalue weighted by Crippen LogP contribution is 2.33. The number of allylic oxidation sites excluding steroid dienone is 1. The minimum absolute atomic E-state index is 0.186. The molecule has 1 aliphatic heterocycles. The average Bonchev–Trinajstić information content (AvgIpc) is 2.66. The molecule has 0 spiro atoms. The van der Waals surface area contributed by atoms with Gasteiger partial charge in [0.2, 0.25) is 6.35 Å². The SMILES string of the molecule is COC1NC(C(F)(F)F)=CC(=O)N1c1cc(C(=O)NS(=O)(=O)N(C)C(C)C)c(Cl)cc1F. The van der Waals surface area contributed by atoms with Crippen LogP contribution in [0, 0.1) is 5.82 Å². The molecule has 0 radical (unpaired) electrons. The second kappa shape index (κ2) is 9.21. The van der Waals surface area contributed by atoms with Crippen LogP contribution in [0.4, 0.5) is 23.2 Å². The van der Waals surface area contributed by atoms with Gasteiger partial charge >= 0.3 is 16.4 Å². The fourth-order valence-corrected chi connectivity index (χ4v) is 3.82. The maximum absolute atomic E-state index is 14.6. The Bertz CT molecular complexity index is 1060. The molecule has 0 fully saturated rings. The Hall–Kier alpha value is -2.42. The summed E-state index contributed by atoms with van der Waals surface area (Å²) in [6.07, 6.45) is -6.50. The molecule has 2 amide bonds. The highest BCUT2D eigenvalue weighted by atomic mass is 35.5. The Morgan fingerprint density at radius 1 is 1.34 bits per heavy atom. The van der Waals surface area contributed by atoms with Gasteiger partial charge in [-0.1, -0.05) is 11.6 Å². The molecule has 1 atom stereocenters. The van der Waals surface area contributed by atoms with Gasteiger partial charge in [0, 0.05) is 26.3 Å². The van der Waals surface area contributed by atoms with Crippen molar-refractivity contribution >= 4 is 39.3 Å². The number of methoxy groups -OCH3 is 1. The monoisotopic (exact) mass is 502 g/mol. The molecule has 32 heavy (non-hydrogen) atoms. The molecule has 1 unspecified atom stereocenters. The highest BCUT2D eigenvalue weighted by Gasteiger charge is 2.42. The summed E-state index contributed by atoms with van der Waals surface area (Å²) in [5.41, 5.74) is -2.63. The van der Waals surface area contributed by atoms with Crippen LogP contribution in [0.1, 0.15) is 24.2 Å². The first-order valence-corrected chi connectivity index (χ1v) is 10.6. The minimum atomic E-state index is -4.90. The number of benzene rings is 1. The van der Waals surface area contributed by atoms with E-state index < -0.39 is 68.4 Å². The van der Waals surface area contributed by atoms with Gasteiger partial charge in [-0.25, -0.2) is 9.11 Å². The molecule has 2 rings (SSSR count). The van der Waals surface area contributed by atoms with Crippen molar-refractivity contribution in [1.29, 1.82) is 0 Å². The van der Waals surface area contributed by atoms with Crippen LogP contribution in [-0.2, 0) is 19.7 Å². The van der Waals surface area contributed by atoms with E-state index in [1.807, 2.05) is 5.32 Å². The molecular formula is C17H19ClF4N4O5S. The van der Waals surface area contributed by atoms with Gasteiger partial charge in [0.25, 0.3) is 11.8 Å². The number of anilines is 1.